The second-order valence-electron chi connectivity index (χ2n) is 8.90. The van der Waals surface area contributed by atoms with Gasteiger partial charge in [0.15, 0.2) is 0 Å². The van der Waals surface area contributed by atoms with E-state index in [0.717, 1.165) is 56.7 Å². The summed E-state index contributed by atoms with van der Waals surface area (Å²) in [5.41, 5.74) is 7.08. The van der Waals surface area contributed by atoms with Crippen LogP contribution in [-0.4, -0.2) is 46.1 Å². The first-order valence-electron chi connectivity index (χ1n) is 13.0. The highest BCUT2D eigenvalue weighted by Gasteiger charge is 2.13. The Morgan fingerprint density at radius 3 is 2.24 bits per heavy atom. The number of methoxy groups -OCH3 is 2. The van der Waals surface area contributed by atoms with Crippen molar-refractivity contribution < 1.29 is 9.47 Å². The minimum Gasteiger partial charge on any atom is -0.496 e. The van der Waals surface area contributed by atoms with E-state index in [9.17, 15) is 0 Å². The summed E-state index contributed by atoms with van der Waals surface area (Å²) in [5, 5.41) is 0. The van der Waals surface area contributed by atoms with E-state index in [2.05, 4.69) is 24.9 Å². The van der Waals surface area contributed by atoms with E-state index in [-0.39, 0.29) is 0 Å². The van der Waals surface area contributed by atoms with Gasteiger partial charge in [-0.05, 0) is 37.6 Å². The maximum absolute atomic E-state index is 5.49. The van der Waals surface area contributed by atoms with Gasteiger partial charge in [-0.15, -0.1) is 0 Å². The number of para-hydroxylation sites is 1. The van der Waals surface area contributed by atoms with Gasteiger partial charge >= 0.3 is 0 Å². The van der Waals surface area contributed by atoms with E-state index >= 15 is 0 Å². The van der Waals surface area contributed by atoms with E-state index in [1.165, 1.54) is 0 Å². The number of rotatable bonds is 8. The molecule has 5 rings (SSSR count). The number of ether oxygens (including phenoxy) is 2. The molecular weight excluding hydrogens is 512 g/mol. The van der Waals surface area contributed by atoms with Crippen molar-refractivity contribution in [2.45, 2.75) is 20.4 Å². The van der Waals surface area contributed by atoms with Gasteiger partial charge in [-0.1, -0.05) is 54.6 Å². The maximum Gasteiger partial charge on any atom is 0.144 e. The van der Waals surface area contributed by atoms with E-state index < -0.39 is 0 Å². The first-order chi connectivity index (χ1) is 20.1. The molecule has 206 valence electrons. The Morgan fingerprint density at radius 1 is 0.780 bits per heavy atom. The third kappa shape index (κ3) is 8.12. The van der Waals surface area contributed by atoms with Gasteiger partial charge < -0.3 is 9.47 Å². The van der Waals surface area contributed by atoms with Crippen molar-refractivity contribution in [3.05, 3.63) is 138 Å². The number of hydrogen-bond donors (Lipinski definition) is 0. The van der Waals surface area contributed by atoms with Crippen molar-refractivity contribution in [2.75, 3.05) is 14.2 Å². The molecule has 0 saturated heterocycles. The maximum atomic E-state index is 5.49. The monoisotopic (exact) mass is 544 g/mol. The molecule has 0 spiro atoms. The summed E-state index contributed by atoms with van der Waals surface area (Å²) in [6.07, 6.45) is 10.0. The van der Waals surface area contributed by atoms with Crippen LogP contribution in [0.5, 0.6) is 11.5 Å². The average molecular weight is 545 g/mol. The third-order valence-corrected chi connectivity index (χ3v) is 5.98. The first-order valence-corrected chi connectivity index (χ1v) is 13.0. The van der Waals surface area contributed by atoms with Gasteiger partial charge in [-0.2, -0.15) is 0 Å². The summed E-state index contributed by atoms with van der Waals surface area (Å²) in [5.74, 6) is 1.59. The molecule has 8 nitrogen and oxygen atoms in total. The summed E-state index contributed by atoms with van der Waals surface area (Å²) < 4.78 is 10.7. The number of aromatic nitrogens is 4. The van der Waals surface area contributed by atoms with E-state index in [1.807, 2.05) is 86.6 Å². The third-order valence-electron chi connectivity index (χ3n) is 5.98. The molecule has 0 aliphatic carbocycles. The van der Waals surface area contributed by atoms with Crippen LogP contribution in [0.1, 0.15) is 33.8 Å². The number of aryl methyl sites for hydroxylation is 2. The van der Waals surface area contributed by atoms with Crippen molar-refractivity contribution in [3.63, 3.8) is 0 Å². The summed E-state index contributed by atoms with van der Waals surface area (Å²) in [4.78, 5) is 26.1. The van der Waals surface area contributed by atoms with E-state index in [0.29, 0.717) is 6.54 Å². The standard InChI is InChI=1S/C20H19N3O.C13H13N3O/c1-14-9-10-17(18(13-14)24-3)23-20(16-7-5-4-6-8-16)19-15(2)21-11-12-22-19;1-17-13-5-3-2-4-11(13)8-15-10-12-9-14-6-7-16-12/h4-13H,1-3H3;2-7,9-10H,8H2,1H3. The molecule has 0 atom stereocenters. The molecule has 8 heteroatoms. The van der Waals surface area contributed by atoms with Crippen molar-refractivity contribution >= 4 is 17.6 Å². The summed E-state index contributed by atoms with van der Waals surface area (Å²) in [6.45, 7) is 4.54. The molecule has 0 bridgehead atoms. The average Bonchev–Trinajstić information content (AvgIpc) is 3.02. The quantitative estimate of drug-likeness (QED) is 0.211. The SMILES string of the molecule is COc1cc(C)ccc1N=C(c1ccccc1)c1nccnc1C.COc1ccccc1CN=Cc1cnccn1. The van der Waals surface area contributed by atoms with Crippen LogP contribution in [-0.2, 0) is 6.54 Å². The predicted molar refractivity (Wildman–Crippen MR) is 163 cm³/mol. The summed E-state index contributed by atoms with van der Waals surface area (Å²) >= 11 is 0. The minimum absolute atomic E-state index is 0.570. The molecule has 41 heavy (non-hydrogen) atoms. The van der Waals surface area contributed by atoms with Crippen LogP contribution >= 0.6 is 0 Å². The number of aliphatic imine (C=N–C) groups is 2. The Hall–Kier alpha value is -5.24. The highest BCUT2D eigenvalue weighted by molar-refractivity contribution is 6.13. The molecule has 0 amide bonds. The van der Waals surface area contributed by atoms with Crippen LogP contribution in [0.2, 0.25) is 0 Å². The zero-order chi connectivity index (χ0) is 28.9. The fraction of sp³-hybridized carbons (Fsp3) is 0.152. The van der Waals surface area contributed by atoms with E-state index in [1.54, 1.807) is 51.4 Å². The summed E-state index contributed by atoms with van der Waals surface area (Å²) in [7, 11) is 3.31. The van der Waals surface area contributed by atoms with Crippen LogP contribution in [0.25, 0.3) is 0 Å². The Morgan fingerprint density at radius 2 is 1.51 bits per heavy atom. The van der Waals surface area contributed by atoms with Gasteiger partial charge in [-0.3, -0.25) is 24.9 Å². The molecule has 0 fully saturated rings. The Bertz CT molecular complexity index is 1610. The lowest BCUT2D eigenvalue weighted by Crippen LogP contribution is -2.09. The van der Waals surface area contributed by atoms with Gasteiger partial charge in [0.05, 0.1) is 44.1 Å². The largest absolute Gasteiger partial charge is 0.496 e. The number of benzene rings is 3. The second-order valence-corrected chi connectivity index (χ2v) is 8.90. The zero-order valence-electron chi connectivity index (χ0n) is 23.6. The topological polar surface area (TPSA) is 94.7 Å². The first kappa shape index (κ1) is 28.8. The second kappa shape index (κ2) is 14.8. The molecule has 0 aliphatic rings. The van der Waals surface area contributed by atoms with Crippen molar-refractivity contribution in [3.8, 4) is 11.5 Å². The number of nitrogens with zero attached hydrogens (tertiary/aromatic N) is 6. The molecule has 0 aliphatic heterocycles. The van der Waals surface area contributed by atoms with Gasteiger partial charge in [0.25, 0.3) is 0 Å². The normalized spacial score (nSPS) is 11.1. The Labute approximate surface area is 240 Å². The van der Waals surface area contributed by atoms with Crippen LogP contribution in [0.4, 0.5) is 5.69 Å². The summed E-state index contributed by atoms with van der Waals surface area (Å²) in [6, 6.07) is 23.8. The lowest BCUT2D eigenvalue weighted by molar-refractivity contribution is 0.410. The molecule has 5 aromatic rings. The molecule has 3 aromatic carbocycles. The van der Waals surface area contributed by atoms with E-state index in [4.69, 9.17) is 14.5 Å². The lowest BCUT2D eigenvalue weighted by atomic mass is 10.1. The van der Waals surface area contributed by atoms with Crippen molar-refractivity contribution in [1.82, 2.24) is 19.9 Å². The van der Waals surface area contributed by atoms with Crippen LogP contribution in [0, 0.1) is 13.8 Å². The molecule has 0 saturated carbocycles. The smallest absolute Gasteiger partial charge is 0.144 e. The van der Waals surface area contributed by atoms with Crippen LogP contribution in [0.3, 0.4) is 0 Å². The number of hydrogen-bond acceptors (Lipinski definition) is 8. The van der Waals surface area contributed by atoms with Gasteiger partial charge in [0, 0.05) is 42.1 Å². The fourth-order valence-electron chi connectivity index (χ4n) is 3.94. The molecular formula is C33H32N6O2. The highest BCUT2D eigenvalue weighted by atomic mass is 16.5. The van der Waals surface area contributed by atoms with Crippen LogP contribution in [0.15, 0.2) is 114 Å². The highest BCUT2D eigenvalue weighted by Crippen LogP contribution is 2.30. The zero-order valence-corrected chi connectivity index (χ0v) is 23.6. The van der Waals surface area contributed by atoms with Crippen LogP contribution < -0.4 is 9.47 Å². The van der Waals surface area contributed by atoms with Crippen molar-refractivity contribution in [1.29, 1.82) is 0 Å². The Kier molecular flexibility index (Phi) is 10.4. The molecule has 0 N–H and O–H groups in total. The van der Waals surface area contributed by atoms with Crippen molar-refractivity contribution in [2.24, 2.45) is 9.98 Å². The minimum atomic E-state index is 0.570. The van der Waals surface area contributed by atoms with Gasteiger partial charge in [0.1, 0.15) is 22.9 Å². The molecule has 0 unspecified atom stereocenters. The molecule has 2 aromatic heterocycles. The molecule has 0 radical (unpaired) electrons. The van der Waals surface area contributed by atoms with Gasteiger partial charge in [0.2, 0.25) is 0 Å². The Balaban J connectivity index is 0.000000201. The molecule has 2 heterocycles. The lowest BCUT2D eigenvalue weighted by Gasteiger charge is -2.11. The van der Waals surface area contributed by atoms with Gasteiger partial charge in [-0.25, -0.2) is 4.99 Å². The fourth-order valence-corrected chi connectivity index (χ4v) is 3.94. The predicted octanol–water partition coefficient (Wildman–Crippen LogP) is 6.38.